The summed E-state index contributed by atoms with van der Waals surface area (Å²) >= 11 is 0. The summed E-state index contributed by atoms with van der Waals surface area (Å²) in [5.41, 5.74) is 5.08. The van der Waals surface area contributed by atoms with Gasteiger partial charge < -0.3 is 0 Å². The molecule has 1 fully saturated rings. The van der Waals surface area contributed by atoms with Crippen LogP contribution in [0.25, 0.3) is 0 Å². The van der Waals surface area contributed by atoms with Crippen molar-refractivity contribution in [1.82, 2.24) is 0 Å². The Morgan fingerprint density at radius 2 is 1.40 bits per heavy atom. The molecule has 3 rings (SSSR count). The van der Waals surface area contributed by atoms with Crippen molar-refractivity contribution >= 4 is 0 Å². The van der Waals surface area contributed by atoms with Crippen LogP contribution in [-0.2, 0) is 6.42 Å². The lowest BCUT2D eigenvalue weighted by Crippen LogP contribution is -2.13. The Morgan fingerprint density at radius 1 is 0.800 bits per heavy atom. The Hall–Kier alpha value is -2.26. The van der Waals surface area contributed by atoms with Crippen molar-refractivity contribution in [3.05, 3.63) is 83.4 Å². The van der Waals surface area contributed by atoms with Gasteiger partial charge in [-0.15, -0.1) is 6.58 Å². The van der Waals surface area contributed by atoms with E-state index in [-0.39, 0.29) is 0 Å². The first kappa shape index (κ1) is 22.4. The van der Waals surface area contributed by atoms with E-state index in [2.05, 4.69) is 73.9 Å². The van der Waals surface area contributed by atoms with Crippen LogP contribution in [0, 0.1) is 17.8 Å². The summed E-state index contributed by atoms with van der Waals surface area (Å²) in [7, 11) is 0. The zero-order valence-corrected chi connectivity index (χ0v) is 18.8. The van der Waals surface area contributed by atoms with Crippen LogP contribution in [0.4, 0.5) is 0 Å². The van der Waals surface area contributed by atoms with Gasteiger partial charge in [0.25, 0.3) is 0 Å². The highest BCUT2D eigenvalue weighted by Crippen LogP contribution is 2.37. The van der Waals surface area contributed by atoms with E-state index in [0.29, 0.717) is 0 Å². The van der Waals surface area contributed by atoms with Gasteiger partial charge in [0, 0.05) is 11.1 Å². The quantitative estimate of drug-likeness (QED) is 0.226. The summed E-state index contributed by atoms with van der Waals surface area (Å²) in [6, 6.07) is 17.6. The molecular formula is C30H38. The van der Waals surface area contributed by atoms with Crippen LogP contribution in [0.5, 0.6) is 0 Å². The maximum absolute atomic E-state index is 3.81. The fourth-order valence-corrected chi connectivity index (χ4v) is 4.67. The molecule has 0 nitrogen and oxygen atoms in total. The highest BCUT2D eigenvalue weighted by atomic mass is 14.3. The van der Waals surface area contributed by atoms with Crippen molar-refractivity contribution in [1.29, 1.82) is 0 Å². The third-order valence-corrected chi connectivity index (χ3v) is 6.71. The smallest absolute Gasteiger partial charge is 0.0249 e. The highest BCUT2D eigenvalue weighted by molar-refractivity contribution is 5.44. The summed E-state index contributed by atoms with van der Waals surface area (Å²) in [6.45, 7) is 5.99. The van der Waals surface area contributed by atoms with Gasteiger partial charge in [-0.1, -0.05) is 74.8 Å². The number of unbranched alkanes of at least 4 members (excludes halogenated alkanes) is 4. The number of aryl methyl sites for hydroxylation is 1. The molecule has 2 aromatic carbocycles. The van der Waals surface area contributed by atoms with Gasteiger partial charge in [0.15, 0.2) is 0 Å². The van der Waals surface area contributed by atoms with Crippen LogP contribution >= 0.6 is 0 Å². The van der Waals surface area contributed by atoms with E-state index >= 15 is 0 Å². The van der Waals surface area contributed by atoms with E-state index in [1.165, 1.54) is 75.3 Å². The van der Waals surface area contributed by atoms with Crippen LogP contribution < -0.4 is 0 Å². The van der Waals surface area contributed by atoms with E-state index in [1.807, 2.05) is 6.08 Å². The highest BCUT2D eigenvalue weighted by Gasteiger charge is 2.21. The molecule has 1 aliphatic carbocycles. The van der Waals surface area contributed by atoms with Crippen LogP contribution in [0.15, 0.2) is 61.2 Å². The molecule has 0 heteroatoms. The molecule has 2 aromatic rings. The molecule has 0 aliphatic heterocycles. The minimum absolute atomic E-state index is 0.748. The molecule has 30 heavy (non-hydrogen) atoms. The first-order chi connectivity index (χ1) is 14.8. The van der Waals surface area contributed by atoms with Crippen LogP contribution in [-0.4, -0.2) is 0 Å². The molecule has 0 spiro atoms. The summed E-state index contributed by atoms with van der Waals surface area (Å²) in [6.07, 6.45) is 16.8. The molecule has 0 unspecified atom stereocenters. The molecule has 0 N–H and O–H groups in total. The average Bonchev–Trinajstić information content (AvgIpc) is 2.81. The second-order valence-electron chi connectivity index (χ2n) is 8.92. The van der Waals surface area contributed by atoms with Gasteiger partial charge >= 0.3 is 0 Å². The van der Waals surface area contributed by atoms with Crippen molar-refractivity contribution in [3.63, 3.8) is 0 Å². The van der Waals surface area contributed by atoms with Gasteiger partial charge in [0.05, 0.1) is 0 Å². The van der Waals surface area contributed by atoms with Crippen LogP contribution in [0.2, 0.25) is 0 Å². The average molecular weight is 399 g/mol. The van der Waals surface area contributed by atoms with Crippen LogP contribution in [0.1, 0.15) is 99.3 Å². The zero-order chi connectivity index (χ0) is 21.0. The van der Waals surface area contributed by atoms with Crippen molar-refractivity contribution in [3.8, 4) is 11.8 Å². The minimum Gasteiger partial charge on any atom is -0.103 e. The monoisotopic (exact) mass is 398 g/mol. The normalized spacial score (nSPS) is 18.4. The van der Waals surface area contributed by atoms with Gasteiger partial charge in [-0.3, -0.25) is 0 Å². The lowest BCUT2D eigenvalue weighted by molar-refractivity contribution is 0.302. The van der Waals surface area contributed by atoms with E-state index in [9.17, 15) is 0 Å². The van der Waals surface area contributed by atoms with E-state index in [1.54, 1.807) is 0 Å². The lowest BCUT2D eigenvalue weighted by Gasteiger charge is -2.29. The molecular weight excluding hydrogens is 360 g/mol. The molecule has 0 amide bonds. The van der Waals surface area contributed by atoms with Crippen molar-refractivity contribution in [2.24, 2.45) is 5.92 Å². The van der Waals surface area contributed by atoms with Gasteiger partial charge in [-0.25, -0.2) is 0 Å². The Balaban J connectivity index is 1.42. The Kier molecular flexibility index (Phi) is 9.30. The summed E-state index contributed by atoms with van der Waals surface area (Å²) in [4.78, 5) is 0. The molecule has 0 radical (unpaired) electrons. The van der Waals surface area contributed by atoms with E-state index in [4.69, 9.17) is 0 Å². The predicted molar refractivity (Wildman–Crippen MR) is 131 cm³/mol. The fourth-order valence-electron chi connectivity index (χ4n) is 4.67. The summed E-state index contributed by atoms with van der Waals surface area (Å²) in [5.74, 6) is 8.33. The first-order valence-electron chi connectivity index (χ1n) is 12.1. The third kappa shape index (κ3) is 7.21. The summed E-state index contributed by atoms with van der Waals surface area (Å²) < 4.78 is 0. The molecule has 1 aliphatic rings. The van der Waals surface area contributed by atoms with Gasteiger partial charge in [0.1, 0.15) is 0 Å². The van der Waals surface area contributed by atoms with Crippen LogP contribution in [0.3, 0.4) is 0 Å². The number of hydrogen-bond donors (Lipinski definition) is 0. The SMILES string of the molecule is C=CCCCCCC[C@H]1CC[C@H](c2ccc(C#Cc3ccc(CC)cc3)cc2)CC1. The van der Waals surface area contributed by atoms with Gasteiger partial charge in [-0.05, 0) is 92.2 Å². The largest absolute Gasteiger partial charge is 0.103 e. The first-order valence-corrected chi connectivity index (χ1v) is 12.1. The van der Waals surface area contributed by atoms with E-state index in [0.717, 1.165) is 29.4 Å². The second-order valence-corrected chi connectivity index (χ2v) is 8.92. The van der Waals surface area contributed by atoms with Crippen molar-refractivity contribution < 1.29 is 0 Å². The van der Waals surface area contributed by atoms with Crippen molar-refractivity contribution in [2.75, 3.05) is 0 Å². The van der Waals surface area contributed by atoms with E-state index < -0.39 is 0 Å². The Morgan fingerprint density at radius 3 is 2.00 bits per heavy atom. The molecule has 0 heterocycles. The van der Waals surface area contributed by atoms with Gasteiger partial charge in [0.2, 0.25) is 0 Å². The second kappa shape index (κ2) is 12.4. The molecule has 1 saturated carbocycles. The zero-order valence-electron chi connectivity index (χ0n) is 18.8. The fraction of sp³-hybridized carbons (Fsp3) is 0.467. The molecule has 0 atom stereocenters. The maximum Gasteiger partial charge on any atom is 0.0249 e. The molecule has 158 valence electrons. The summed E-state index contributed by atoms with van der Waals surface area (Å²) in [5, 5.41) is 0. The molecule has 0 aromatic heterocycles. The minimum atomic E-state index is 0.748. The van der Waals surface area contributed by atoms with Crippen molar-refractivity contribution in [2.45, 2.75) is 83.5 Å². The number of allylic oxidation sites excluding steroid dienone is 1. The number of rotatable bonds is 9. The maximum atomic E-state index is 3.81. The lowest BCUT2D eigenvalue weighted by atomic mass is 9.77. The third-order valence-electron chi connectivity index (χ3n) is 6.71. The van der Waals surface area contributed by atoms with Gasteiger partial charge in [-0.2, -0.15) is 0 Å². The molecule has 0 bridgehead atoms. The number of benzene rings is 2. The Labute approximate surface area is 184 Å². The predicted octanol–water partition coefficient (Wildman–Crippen LogP) is 8.45. The topological polar surface area (TPSA) is 0 Å². The number of hydrogen-bond acceptors (Lipinski definition) is 0. The standard InChI is InChI=1S/C30H38/c1-3-5-6-7-8-9-10-26-17-21-29(22-18-26)30-23-19-28(20-24-30)16-15-27-13-11-25(4-2)12-14-27/h3,11-14,19-20,23-24,26,29H,1,4-10,17-18,21-22H2,2H3/t26-,29-. The Bertz CT molecular complexity index is 805. The molecule has 0 saturated heterocycles.